The molecule has 2 fully saturated rings. The van der Waals surface area contributed by atoms with Crippen LogP contribution in [0.5, 0.6) is 0 Å². The molecule has 2 aliphatic rings. The summed E-state index contributed by atoms with van der Waals surface area (Å²) in [7, 11) is 1.28. The lowest BCUT2D eigenvalue weighted by molar-refractivity contribution is -0.153. The zero-order chi connectivity index (χ0) is 21.5. The number of carbonyl (C=O) groups excluding carboxylic acids is 2. The van der Waals surface area contributed by atoms with E-state index in [1.165, 1.54) is 7.11 Å². The summed E-state index contributed by atoms with van der Waals surface area (Å²) in [5.74, 6) is -0.552. The minimum absolute atomic E-state index is 0.133. The van der Waals surface area contributed by atoms with E-state index in [1.54, 1.807) is 4.90 Å². The van der Waals surface area contributed by atoms with Gasteiger partial charge in [-0.1, -0.05) is 29.8 Å². The smallest absolute Gasteiger partial charge is 0.407 e. The molecular formula is C20H25BrN4O5. The number of alkyl carbamates (subject to hydrolysis) is 1. The summed E-state index contributed by atoms with van der Waals surface area (Å²) in [6, 6.07) is 4.66. The van der Waals surface area contributed by atoms with E-state index in [0.717, 1.165) is 15.5 Å². The molecule has 1 aromatic carbocycles. The predicted octanol–water partition coefficient (Wildman–Crippen LogP) is 2.72. The number of rotatable bonds is 4. The summed E-state index contributed by atoms with van der Waals surface area (Å²) in [6.07, 6.45) is -0.183. The fourth-order valence-corrected chi connectivity index (χ4v) is 4.42. The zero-order valence-electron chi connectivity index (χ0n) is 17.1. The molecule has 2 atom stereocenters. The molecule has 1 spiro atoms. The number of imidazole rings is 1. The summed E-state index contributed by atoms with van der Waals surface area (Å²) in [5, 5.41) is 2.66. The summed E-state index contributed by atoms with van der Waals surface area (Å²) in [5.41, 5.74) is 1.68. The number of aromatic amines is 1. The first-order valence-electron chi connectivity index (χ1n) is 9.90. The number of likely N-dealkylation sites (tertiary alicyclic amines) is 1. The van der Waals surface area contributed by atoms with Crippen molar-refractivity contribution in [2.75, 3.05) is 26.9 Å². The van der Waals surface area contributed by atoms with Gasteiger partial charge in [-0.25, -0.2) is 9.78 Å². The van der Waals surface area contributed by atoms with Crippen LogP contribution in [0.2, 0.25) is 0 Å². The normalized spacial score (nSPS) is 21.5. The van der Waals surface area contributed by atoms with Gasteiger partial charge in [0.15, 0.2) is 5.79 Å². The molecule has 2 N–H and O–H groups in total. The molecule has 2 aliphatic heterocycles. The van der Waals surface area contributed by atoms with Gasteiger partial charge in [0.2, 0.25) is 5.91 Å². The van der Waals surface area contributed by atoms with Crippen LogP contribution >= 0.6 is 15.9 Å². The first-order chi connectivity index (χ1) is 14.3. The van der Waals surface area contributed by atoms with E-state index in [9.17, 15) is 9.59 Å². The molecule has 10 heteroatoms. The molecule has 2 amide bonds. The number of nitrogens with zero attached hydrogens (tertiary/aromatic N) is 2. The van der Waals surface area contributed by atoms with Crippen molar-refractivity contribution >= 4 is 39.0 Å². The van der Waals surface area contributed by atoms with Crippen LogP contribution in [-0.2, 0) is 19.0 Å². The van der Waals surface area contributed by atoms with Gasteiger partial charge in [0.1, 0.15) is 11.9 Å². The van der Waals surface area contributed by atoms with Gasteiger partial charge in [-0.2, -0.15) is 0 Å². The molecule has 3 heterocycles. The highest BCUT2D eigenvalue weighted by Gasteiger charge is 2.52. The van der Waals surface area contributed by atoms with Crippen LogP contribution in [0.4, 0.5) is 4.79 Å². The van der Waals surface area contributed by atoms with Gasteiger partial charge in [-0.3, -0.25) is 4.79 Å². The van der Waals surface area contributed by atoms with E-state index < -0.39 is 17.9 Å². The van der Waals surface area contributed by atoms with Gasteiger partial charge in [0.25, 0.3) is 0 Å². The highest BCUT2D eigenvalue weighted by Crippen LogP contribution is 2.42. The molecule has 0 radical (unpaired) electrons. The summed E-state index contributed by atoms with van der Waals surface area (Å²) in [4.78, 5) is 35.1. The molecule has 9 nitrogen and oxygen atoms in total. The monoisotopic (exact) mass is 480 g/mol. The van der Waals surface area contributed by atoms with Crippen molar-refractivity contribution in [2.24, 2.45) is 5.92 Å². The largest absolute Gasteiger partial charge is 0.453 e. The molecule has 1 unspecified atom stereocenters. The first kappa shape index (κ1) is 21.1. The minimum atomic E-state index is -0.854. The third kappa shape index (κ3) is 3.91. The molecular weight excluding hydrogens is 456 g/mol. The molecule has 30 heavy (non-hydrogen) atoms. The molecule has 1 aromatic heterocycles. The number of aromatic nitrogens is 2. The van der Waals surface area contributed by atoms with Crippen LogP contribution in [0.1, 0.15) is 32.1 Å². The summed E-state index contributed by atoms with van der Waals surface area (Å²) >= 11 is 3.47. The van der Waals surface area contributed by atoms with Crippen molar-refractivity contribution < 1.29 is 23.8 Å². The van der Waals surface area contributed by atoms with Gasteiger partial charge in [0.05, 0.1) is 43.9 Å². The number of benzene rings is 1. The molecule has 0 bridgehead atoms. The molecule has 0 aliphatic carbocycles. The Morgan fingerprint density at radius 2 is 2.10 bits per heavy atom. The minimum Gasteiger partial charge on any atom is -0.453 e. The lowest BCUT2D eigenvalue weighted by Crippen LogP contribution is -2.52. The van der Waals surface area contributed by atoms with E-state index >= 15 is 0 Å². The number of H-pyrrole nitrogens is 1. The highest BCUT2D eigenvalue weighted by molar-refractivity contribution is 9.10. The van der Waals surface area contributed by atoms with E-state index in [4.69, 9.17) is 19.2 Å². The number of hydrogen-bond acceptors (Lipinski definition) is 6. The number of methoxy groups -OCH3 is 1. The van der Waals surface area contributed by atoms with Crippen LogP contribution < -0.4 is 5.32 Å². The van der Waals surface area contributed by atoms with Crippen LogP contribution in [0.25, 0.3) is 11.0 Å². The van der Waals surface area contributed by atoms with Crippen molar-refractivity contribution in [3.8, 4) is 0 Å². The third-order valence-corrected chi connectivity index (χ3v) is 6.05. The Kier molecular flexibility index (Phi) is 5.73. The van der Waals surface area contributed by atoms with Gasteiger partial charge in [0, 0.05) is 10.9 Å². The predicted molar refractivity (Wildman–Crippen MR) is 112 cm³/mol. The van der Waals surface area contributed by atoms with Crippen molar-refractivity contribution in [3.05, 3.63) is 28.5 Å². The second kappa shape index (κ2) is 8.16. The number of nitrogens with one attached hydrogen (secondary N) is 2. The van der Waals surface area contributed by atoms with Crippen molar-refractivity contribution in [2.45, 2.75) is 38.1 Å². The lowest BCUT2D eigenvalue weighted by Gasteiger charge is -2.30. The van der Waals surface area contributed by atoms with Crippen LogP contribution in [0.3, 0.4) is 0 Å². The SMILES string of the molecule is COC(=O)N[C@H](C(=O)N1CC2(CC1c1nc3ccc(Br)cc3[nH]1)OCCO2)C(C)C. The summed E-state index contributed by atoms with van der Waals surface area (Å²) in [6.45, 7) is 4.98. The Balaban J connectivity index is 1.68. The maximum atomic E-state index is 13.5. The topological polar surface area (TPSA) is 106 Å². The lowest BCUT2D eigenvalue weighted by atomic mass is 10.0. The zero-order valence-corrected chi connectivity index (χ0v) is 18.7. The maximum Gasteiger partial charge on any atom is 0.407 e. The van der Waals surface area contributed by atoms with Crippen molar-refractivity contribution in [1.29, 1.82) is 0 Å². The number of hydrogen-bond donors (Lipinski definition) is 2. The molecule has 2 aromatic rings. The molecule has 2 saturated heterocycles. The van der Waals surface area contributed by atoms with Crippen LogP contribution in [0.15, 0.2) is 22.7 Å². The van der Waals surface area contributed by atoms with Crippen molar-refractivity contribution in [3.63, 3.8) is 0 Å². The van der Waals surface area contributed by atoms with Gasteiger partial charge < -0.3 is 29.4 Å². The Bertz CT molecular complexity index is 956. The summed E-state index contributed by atoms with van der Waals surface area (Å²) < 4.78 is 17.4. The number of ether oxygens (including phenoxy) is 3. The van der Waals surface area contributed by atoms with Crippen LogP contribution in [-0.4, -0.2) is 65.6 Å². The number of amides is 2. The van der Waals surface area contributed by atoms with E-state index in [2.05, 4.69) is 26.2 Å². The number of carbonyl (C=O) groups is 2. The Morgan fingerprint density at radius 3 is 2.77 bits per heavy atom. The van der Waals surface area contributed by atoms with E-state index in [1.807, 2.05) is 32.0 Å². The molecule has 0 saturated carbocycles. The molecule has 162 valence electrons. The van der Waals surface area contributed by atoms with E-state index in [0.29, 0.717) is 25.5 Å². The second-order valence-electron chi connectivity index (χ2n) is 7.93. The van der Waals surface area contributed by atoms with Gasteiger partial charge in [-0.15, -0.1) is 0 Å². The molecule has 4 rings (SSSR count). The fourth-order valence-electron chi connectivity index (χ4n) is 4.06. The number of halogens is 1. The second-order valence-corrected chi connectivity index (χ2v) is 8.85. The standard InChI is InChI=1S/C20H25BrN4O5/c1-11(2)16(24-19(27)28-3)18(26)25-10-20(29-6-7-30-20)9-15(25)17-22-13-5-4-12(21)8-14(13)23-17/h4-5,8,11,15-16H,6-7,9-10H2,1-3H3,(H,22,23)(H,24,27)/t15?,16-/m0/s1. The van der Waals surface area contributed by atoms with Gasteiger partial charge >= 0.3 is 6.09 Å². The van der Waals surface area contributed by atoms with E-state index in [-0.39, 0.29) is 24.4 Å². The van der Waals surface area contributed by atoms with Crippen LogP contribution in [0, 0.1) is 5.92 Å². The van der Waals surface area contributed by atoms with Gasteiger partial charge in [-0.05, 0) is 24.1 Å². The Morgan fingerprint density at radius 1 is 1.37 bits per heavy atom. The first-order valence-corrected chi connectivity index (χ1v) is 10.7. The average Bonchev–Trinajstić information content (AvgIpc) is 3.43. The fraction of sp³-hybridized carbons (Fsp3) is 0.550. The third-order valence-electron chi connectivity index (χ3n) is 5.56. The highest BCUT2D eigenvalue weighted by atomic mass is 79.9. The Hall–Kier alpha value is -2.17. The quantitative estimate of drug-likeness (QED) is 0.696. The average molecular weight is 481 g/mol. The Labute approximate surface area is 182 Å². The van der Waals surface area contributed by atoms with Crippen molar-refractivity contribution in [1.82, 2.24) is 20.2 Å². The number of fused-ring (bicyclic) bond motifs is 1. The maximum absolute atomic E-state index is 13.5.